The molecule has 4 heterocycles. The van der Waals surface area contributed by atoms with E-state index in [-0.39, 0.29) is 0 Å². The predicted molar refractivity (Wildman–Crippen MR) is 121 cm³/mol. The molecule has 156 valence electrons. The van der Waals surface area contributed by atoms with Crippen LogP contribution in [0.3, 0.4) is 0 Å². The molecule has 8 nitrogen and oxygen atoms in total. The van der Waals surface area contributed by atoms with Gasteiger partial charge in [0.15, 0.2) is 10.3 Å². The van der Waals surface area contributed by atoms with Gasteiger partial charge in [-0.15, -0.1) is 0 Å². The zero-order valence-electron chi connectivity index (χ0n) is 16.7. The summed E-state index contributed by atoms with van der Waals surface area (Å²) in [6.07, 6.45) is 7.03. The summed E-state index contributed by atoms with van der Waals surface area (Å²) in [6.45, 7) is 4.38. The van der Waals surface area contributed by atoms with Gasteiger partial charge in [0.2, 0.25) is 5.95 Å². The average molecular weight is 442 g/mol. The largest absolute Gasteiger partial charge is 0.465 e. The van der Waals surface area contributed by atoms with Crippen molar-refractivity contribution in [2.75, 3.05) is 23.3 Å². The Kier molecular flexibility index (Phi) is 6.75. The van der Waals surface area contributed by atoms with E-state index in [0.717, 1.165) is 35.5 Å². The van der Waals surface area contributed by atoms with Crippen LogP contribution in [0, 0.1) is 6.92 Å². The Balaban J connectivity index is 1.49. The van der Waals surface area contributed by atoms with Crippen LogP contribution in [0.25, 0.3) is 0 Å². The van der Waals surface area contributed by atoms with Crippen molar-refractivity contribution >= 4 is 40.9 Å². The van der Waals surface area contributed by atoms with Crippen LogP contribution in [0.1, 0.15) is 30.8 Å². The van der Waals surface area contributed by atoms with Gasteiger partial charge in [-0.1, -0.05) is 0 Å². The molecule has 2 N–H and O–H groups in total. The van der Waals surface area contributed by atoms with E-state index < -0.39 is 0 Å². The van der Waals surface area contributed by atoms with Crippen molar-refractivity contribution in [3.05, 3.63) is 48.2 Å². The van der Waals surface area contributed by atoms with Crippen LogP contribution in [0.5, 0.6) is 0 Å². The molecule has 3 aromatic heterocycles. The molecule has 0 amide bonds. The first-order valence-corrected chi connectivity index (χ1v) is 11.1. The molecule has 30 heavy (non-hydrogen) atoms. The number of anilines is 2. The first kappa shape index (κ1) is 20.5. The molecule has 0 spiro atoms. The van der Waals surface area contributed by atoms with Gasteiger partial charge in [0.1, 0.15) is 22.4 Å². The third kappa shape index (κ3) is 5.67. The molecule has 0 aliphatic carbocycles. The quantitative estimate of drug-likeness (QED) is 0.334. The number of furan rings is 1. The summed E-state index contributed by atoms with van der Waals surface area (Å²) >= 11 is 6.83. The standard InChI is InChI=1S/C20H23N7OS2/c1-14-6-7-15(28-14)13-23-19(29)26-18-24-16(27-10-3-2-4-11-27)12-17(25-18)30-20-21-8-5-9-22-20/h5-9,12H,2-4,10-11,13H2,1H3,(H2,23,24,25,26,29). The Bertz CT molecular complexity index is 990. The van der Waals surface area contributed by atoms with Crippen molar-refractivity contribution in [3.63, 3.8) is 0 Å². The highest BCUT2D eigenvalue weighted by Gasteiger charge is 2.16. The number of nitrogens with one attached hydrogen (secondary N) is 2. The maximum atomic E-state index is 5.56. The van der Waals surface area contributed by atoms with Crippen molar-refractivity contribution in [1.29, 1.82) is 0 Å². The Labute approximate surface area is 184 Å². The second kappa shape index (κ2) is 9.86. The smallest absolute Gasteiger partial charge is 0.232 e. The van der Waals surface area contributed by atoms with E-state index in [0.29, 0.717) is 22.8 Å². The Morgan fingerprint density at radius 3 is 2.70 bits per heavy atom. The first-order valence-electron chi connectivity index (χ1n) is 9.85. The summed E-state index contributed by atoms with van der Waals surface area (Å²) in [7, 11) is 0. The van der Waals surface area contributed by atoms with Gasteiger partial charge < -0.3 is 20.0 Å². The lowest BCUT2D eigenvalue weighted by atomic mass is 10.1. The van der Waals surface area contributed by atoms with Gasteiger partial charge >= 0.3 is 0 Å². The van der Waals surface area contributed by atoms with Gasteiger partial charge in [-0.3, -0.25) is 0 Å². The lowest BCUT2D eigenvalue weighted by Gasteiger charge is -2.28. The van der Waals surface area contributed by atoms with Crippen molar-refractivity contribution in [2.45, 2.75) is 42.9 Å². The molecule has 0 aromatic carbocycles. The van der Waals surface area contributed by atoms with E-state index in [4.69, 9.17) is 21.6 Å². The molecule has 0 unspecified atom stereocenters. The summed E-state index contributed by atoms with van der Waals surface area (Å²) in [5, 5.41) is 8.07. The maximum Gasteiger partial charge on any atom is 0.232 e. The molecule has 0 atom stereocenters. The highest BCUT2D eigenvalue weighted by Crippen LogP contribution is 2.28. The number of aromatic nitrogens is 4. The maximum absolute atomic E-state index is 5.56. The molecule has 1 saturated heterocycles. The van der Waals surface area contributed by atoms with Crippen LogP contribution in [0.2, 0.25) is 0 Å². The van der Waals surface area contributed by atoms with Gasteiger partial charge in [-0.2, -0.15) is 4.98 Å². The SMILES string of the molecule is Cc1ccc(CNC(=S)Nc2nc(Sc3ncccn3)cc(N3CCCCC3)n2)o1. The fraction of sp³-hybridized carbons (Fsp3) is 0.350. The van der Waals surface area contributed by atoms with Gasteiger partial charge in [0, 0.05) is 31.5 Å². The molecule has 3 aromatic rings. The van der Waals surface area contributed by atoms with Gasteiger partial charge in [0.25, 0.3) is 0 Å². The number of piperidine rings is 1. The second-order valence-electron chi connectivity index (χ2n) is 6.89. The molecular weight excluding hydrogens is 418 g/mol. The zero-order valence-corrected chi connectivity index (χ0v) is 18.3. The fourth-order valence-corrected chi connectivity index (χ4v) is 4.01. The zero-order chi connectivity index (χ0) is 20.8. The molecule has 0 radical (unpaired) electrons. The minimum atomic E-state index is 0.437. The first-order chi connectivity index (χ1) is 14.7. The topological polar surface area (TPSA) is 92.0 Å². The lowest BCUT2D eigenvalue weighted by Crippen LogP contribution is -2.31. The number of aryl methyl sites for hydroxylation is 1. The lowest BCUT2D eigenvalue weighted by molar-refractivity contribution is 0.478. The fourth-order valence-electron chi connectivity index (χ4n) is 3.13. The normalized spacial score (nSPS) is 13.8. The summed E-state index contributed by atoms with van der Waals surface area (Å²) in [5.41, 5.74) is 0. The van der Waals surface area contributed by atoms with E-state index in [2.05, 4.69) is 30.5 Å². The van der Waals surface area contributed by atoms with Gasteiger partial charge in [-0.25, -0.2) is 15.0 Å². The van der Waals surface area contributed by atoms with Crippen LogP contribution in [-0.4, -0.2) is 38.1 Å². The highest BCUT2D eigenvalue weighted by molar-refractivity contribution is 7.99. The molecule has 4 rings (SSSR count). The van der Waals surface area contributed by atoms with E-state index in [1.807, 2.05) is 25.1 Å². The third-order valence-corrected chi connectivity index (χ3v) is 5.61. The average Bonchev–Trinajstić information content (AvgIpc) is 3.19. The molecule has 1 aliphatic heterocycles. The molecule has 0 saturated carbocycles. The molecule has 1 fully saturated rings. The summed E-state index contributed by atoms with van der Waals surface area (Å²) < 4.78 is 5.56. The van der Waals surface area contributed by atoms with Crippen molar-refractivity contribution in [2.24, 2.45) is 0 Å². The number of nitrogens with zero attached hydrogens (tertiary/aromatic N) is 5. The molecule has 1 aliphatic rings. The summed E-state index contributed by atoms with van der Waals surface area (Å²) in [4.78, 5) is 20.1. The van der Waals surface area contributed by atoms with E-state index >= 15 is 0 Å². The molecule has 0 bridgehead atoms. The van der Waals surface area contributed by atoms with Crippen molar-refractivity contribution in [3.8, 4) is 0 Å². The molecule has 10 heteroatoms. The Morgan fingerprint density at radius 2 is 1.97 bits per heavy atom. The van der Waals surface area contributed by atoms with Crippen LogP contribution in [-0.2, 0) is 6.54 Å². The highest BCUT2D eigenvalue weighted by atomic mass is 32.2. The second-order valence-corrected chi connectivity index (χ2v) is 8.28. The minimum absolute atomic E-state index is 0.437. The number of rotatable bonds is 6. The van der Waals surface area contributed by atoms with Crippen molar-refractivity contribution in [1.82, 2.24) is 25.3 Å². The summed E-state index contributed by atoms with van der Waals surface area (Å²) in [6, 6.07) is 7.63. The Morgan fingerprint density at radius 1 is 1.17 bits per heavy atom. The monoisotopic (exact) mass is 441 g/mol. The van der Waals surface area contributed by atoms with Gasteiger partial charge in [-0.05, 0) is 68.4 Å². The van der Waals surface area contributed by atoms with E-state index in [1.54, 1.807) is 18.5 Å². The molecular formula is C20H23N7OS2. The van der Waals surface area contributed by atoms with Gasteiger partial charge in [0.05, 0.1) is 6.54 Å². The number of hydrogen-bond donors (Lipinski definition) is 2. The predicted octanol–water partition coefficient (Wildman–Crippen LogP) is 3.80. The van der Waals surface area contributed by atoms with Crippen LogP contribution in [0.4, 0.5) is 11.8 Å². The van der Waals surface area contributed by atoms with Crippen LogP contribution < -0.4 is 15.5 Å². The minimum Gasteiger partial charge on any atom is -0.465 e. The third-order valence-electron chi connectivity index (χ3n) is 4.55. The van der Waals surface area contributed by atoms with E-state index in [1.165, 1.54) is 31.0 Å². The Hall–Kier alpha value is -2.72. The van der Waals surface area contributed by atoms with Crippen molar-refractivity contribution < 1.29 is 4.42 Å². The number of hydrogen-bond acceptors (Lipinski definition) is 8. The summed E-state index contributed by atoms with van der Waals surface area (Å²) in [5.74, 6) is 3.02. The number of thiocarbonyl (C=S) groups is 1. The van der Waals surface area contributed by atoms with E-state index in [9.17, 15) is 0 Å². The van der Waals surface area contributed by atoms with Crippen LogP contribution >= 0.6 is 24.0 Å². The van der Waals surface area contributed by atoms with Crippen LogP contribution in [0.15, 0.2) is 51.3 Å².